The van der Waals surface area contributed by atoms with E-state index >= 15 is 0 Å². The van der Waals surface area contributed by atoms with Gasteiger partial charge in [-0.3, -0.25) is 9.69 Å². The van der Waals surface area contributed by atoms with Crippen LogP contribution in [0.2, 0.25) is 0 Å². The van der Waals surface area contributed by atoms with Crippen LogP contribution in [0, 0.1) is 5.82 Å². The number of rotatable bonds is 5. The molecule has 5 nitrogen and oxygen atoms in total. The number of piperazine rings is 1. The van der Waals surface area contributed by atoms with Crippen molar-refractivity contribution in [3.63, 3.8) is 0 Å². The molecule has 1 fully saturated rings. The van der Waals surface area contributed by atoms with Crippen LogP contribution in [-0.2, 0) is 4.79 Å². The Bertz CT molecular complexity index is 476. The predicted octanol–water partition coefficient (Wildman–Crippen LogP) is 0.398. The van der Waals surface area contributed by atoms with E-state index < -0.39 is 0 Å². The third-order valence-electron chi connectivity index (χ3n) is 3.71. The number of amides is 1. The van der Waals surface area contributed by atoms with Gasteiger partial charge < -0.3 is 14.9 Å². The van der Waals surface area contributed by atoms with Crippen molar-refractivity contribution < 1.29 is 14.3 Å². The molecular formula is C15H22FN3O2. The smallest absolute Gasteiger partial charge is 0.236 e. The van der Waals surface area contributed by atoms with E-state index in [4.69, 9.17) is 5.11 Å². The summed E-state index contributed by atoms with van der Waals surface area (Å²) in [4.78, 5) is 17.7. The van der Waals surface area contributed by atoms with Crippen molar-refractivity contribution in [2.75, 3.05) is 57.8 Å². The summed E-state index contributed by atoms with van der Waals surface area (Å²) in [5, 5.41) is 8.84. The molecule has 21 heavy (non-hydrogen) atoms. The summed E-state index contributed by atoms with van der Waals surface area (Å²) in [5.74, 6) is -0.168. The predicted molar refractivity (Wildman–Crippen MR) is 79.8 cm³/mol. The molecule has 1 aliphatic heterocycles. The lowest BCUT2D eigenvalue weighted by atomic mass is 10.2. The molecule has 1 saturated heterocycles. The van der Waals surface area contributed by atoms with E-state index in [0.29, 0.717) is 45.0 Å². The van der Waals surface area contributed by atoms with E-state index in [-0.39, 0.29) is 18.3 Å². The van der Waals surface area contributed by atoms with Crippen molar-refractivity contribution in [1.29, 1.82) is 0 Å². The Morgan fingerprint density at radius 2 is 1.95 bits per heavy atom. The topological polar surface area (TPSA) is 47.0 Å². The van der Waals surface area contributed by atoms with Gasteiger partial charge >= 0.3 is 0 Å². The monoisotopic (exact) mass is 295 g/mol. The van der Waals surface area contributed by atoms with Crippen molar-refractivity contribution in [1.82, 2.24) is 9.80 Å². The number of aliphatic hydroxyl groups excluding tert-OH is 1. The van der Waals surface area contributed by atoms with Crippen molar-refractivity contribution in [2.24, 2.45) is 0 Å². The molecule has 1 aromatic rings. The van der Waals surface area contributed by atoms with Crippen LogP contribution in [0.1, 0.15) is 0 Å². The van der Waals surface area contributed by atoms with Crippen LogP contribution in [0.15, 0.2) is 24.3 Å². The van der Waals surface area contributed by atoms with E-state index in [1.54, 1.807) is 21.9 Å². The SMILES string of the molecule is CN(CCO)CC(=O)N1CCN(c2ccccc2F)CC1. The van der Waals surface area contributed by atoms with Crippen molar-refractivity contribution in [2.45, 2.75) is 0 Å². The van der Waals surface area contributed by atoms with Gasteiger partial charge in [-0.2, -0.15) is 0 Å². The van der Waals surface area contributed by atoms with Gasteiger partial charge in [0.25, 0.3) is 0 Å². The standard InChI is InChI=1S/C15H22FN3O2/c1-17(10-11-20)12-15(21)19-8-6-18(7-9-19)14-5-3-2-4-13(14)16/h2-5,20H,6-12H2,1H3. The van der Waals surface area contributed by atoms with E-state index in [0.717, 1.165) is 0 Å². The van der Waals surface area contributed by atoms with Gasteiger partial charge in [-0.1, -0.05) is 12.1 Å². The lowest BCUT2D eigenvalue weighted by Crippen LogP contribution is -2.51. The number of aliphatic hydroxyl groups is 1. The number of hydrogen-bond acceptors (Lipinski definition) is 4. The zero-order chi connectivity index (χ0) is 15.2. The third kappa shape index (κ3) is 4.15. The molecule has 1 aromatic carbocycles. The Kier molecular flexibility index (Phi) is 5.52. The maximum Gasteiger partial charge on any atom is 0.236 e. The number of carbonyl (C=O) groups is 1. The van der Waals surface area contributed by atoms with E-state index in [1.807, 2.05) is 18.0 Å². The number of para-hydroxylation sites is 1. The van der Waals surface area contributed by atoms with Gasteiger partial charge in [0.2, 0.25) is 5.91 Å². The van der Waals surface area contributed by atoms with E-state index in [1.165, 1.54) is 6.07 Å². The number of likely N-dealkylation sites (N-methyl/N-ethyl adjacent to an activating group) is 1. The largest absolute Gasteiger partial charge is 0.395 e. The molecule has 1 aliphatic rings. The Hall–Kier alpha value is -1.66. The van der Waals surface area contributed by atoms with E-state index in [2.05, 4.69) is 0 Å². The lowest BCUT2D eigenvalue weighted by Gasteiger charge is -2.36. The number of halogens is 1. The minimum atomic E-state index is -0.222. The van der Waals surface area contributed by atoms with E-state index in [9.17, 15) is 9.18 Å². The fourth-order valence-corrected chi connectivity index (χ4v) is 2.49. The third-order valence-corrected chi connectivity index (χ3v) is 3.71. The van der Waals surface area contributed by atoms with Gasteiger partial charge in [0, 0.05) is 32.7 Å². The number of carbonyl (C=O) groups excluding carboxylic acids is 1. The Balaban J connectivity index is 1.86. The Morgan fingerprint density at radius 3 is 2.57 bits per heavy atom. The maximum absolute atomic E-state index is 13.7. The molecule has 0 unspecified atom stereocenters. The van der Waals surface area contributed by atoms with Crippen molar-refractivity contribution >= 4 is 11.6 Å². The van der Waals surface area contributed by atoms with Crippen molar-refractivity contribution in [3.05, 3.63) is 30.1 Å². The minimum absolute atomic E-state index is 0.0465. The minimum Gasteiger partial charge on any atom is -0.395 e. The molecule has 116 valence electrons. The summed E-state index contributed by atoms with van der Waals surface area (Å²) < 4.78 is 13.7. The average molecular weight is 295 g/mol. The quantitative estimate of drug-likeness (QED) is 0.854. The summed E-state index contributed by atoms with van der Waals surface area (Å²) in [7, 11) is 1.81. The second-order valence-corrected chi connectivity index (χ2v) is 5.28. The number of anilines is 1. The number of nitrogens with zero attached hydrogens (tertiary/aromatic N) is 3. The molecule has 0 saturated carbocycles. The summed E-state index contributed by atoms with van der Waals surface area (Å²) >= 11 is 0. The summed E-state index contributed by atoms with van der Waals surface area (Å²) in [5.41, 5.74) is 0.599. The van der Waals surface area contributed by atoms with Crippen LogP contribution in [0.4, 0.5) is 10.1 Å². The summed E-state index contributed by atoms with van der Waals surface area (Å²) in [6.07, 6.45) is 0. The molecule has 2 rings (SSSR count). The highest BCUT2D eigenvalue weighted by Crippen LogP contribution is 2.20. The van der Waals surface area contributed by atoms with Gasteiger partial charge in [0.05, 0.1) is 18.8 Å². The Labute approximate surface area is 124 Å². The van der Waals surface area contributed by atoms with Gasteiger partial charge in [-0.15, -0.1) is 0 Å². The first-order chi connectivity index (χ1) is 10.1. The van der Waals surface area contributed by atoms with Crippen LogP contribution in [-0.4, -0.2) is 73.7 Å². The summed E-state index contributed by atoms with van der Waals surface area (Å²) in [6.45, 7) is 3.30. The highest BCUT2D eigenvalue weighted by Gasteiger charge is 2.23. The van der Waals surface area contributed by atoms with Crippen molar-refractivity contribution in [3.8, 4) is 0 Å². The fraction of sp³-hybridized carbons (Fsp3) is 0.533. The number of benzene rings is 1. The molecular weight excluding hydrogens is 273 g/mol. The normalized spacial score (nSPS) is 15.6. The highest BCUT2D eigenvalue weighted by molar-refractivity contribution is 5.78. The maximum atomic E-state index is 13.7. The van der Waals surface area contributed by atoms with Gasteiger partial charge in [-0.05, 0) is 19.2 Å². The van der Waals surface area contributed by atoms with Crippen LogP contribution >= 0.6 is 0 Å². The van der Waals surface area contributed by atoms with Gasteiger partial charge in [-0.25, -0.2) is 4.39 Å². The van der Waals surface area contributed by atoms with Gasteiger partial charge in [0.1, 0.15) is 5.82 Å². The molecule has 0 spiro atoms. The zero-order valence-corrected chi connectivity index (χ0v) is 12.3. The second-order valence-electron chi connectivity index (χ2n) is 5.28. The molecule has 1 amide bonds. The molecule has 0 radical (unpaired) electrons. The van der Waals surface area contributed by atoms with Crippen LogP contribution in [0.3, 0.4) is 0 Å². The Morgan fingerprint density at radius 1 is 1.29 bits per heavy atom. The molecule has 0 bridgehead atoms. The zero-order valence-electron chi connectivity index (χ0n) is 12.3. The lowest BCUT2D eigenvalue weighted by molar-refractivity contribution is -0.132. The average Bonchev–Trinajstić information content (AvgIpc) is 2.48. The molecule has 0 aromatic heterocycles. The molecule has 1 heterocycles. The van der Waals surface area contributed by atoms with Crippen LogP contribution < -0.4 is 4.90 Å². The summed E-state index contributed by atoms with van der Waals surface area (Å²) in [6, 6.07) is 6.72. The number of hydrogen-bond donors (Lipinski definition) is 1. The first-order valence-corrected chi connectivity index (χ1v) is 7.18. The van der Waals surface area contributed by atoms with Gasteiger partial charge in [0.15, 0.2) is 0 Å². The molecule has 6 heteroatoms. The molecule has 1 N–H and O–H groups in total. The first kappa shape index (κ1) is 15.7. The molecule has 0 aliphatic carbocycles. The van der Waals surface area contributed by atoms with Crippen LogP contribution in [0.5, 0.6) is 0 Å². The second kappa shape index (κ2) is 7.38. The highest BCUT2D eigenvalue weighted by atomic mass is 19.1. The first-order valence-electron chi connectivity index (χ1n) is 7.18. The van der Waals surface area contributed by atoms with Crippen LogP contribution in [0.25, 0.3) is 0 Å². The fourth-order valence-electron chi connectivity index (χ4n) is 2.49. The molecule has 0 atom stereocenters.